The normalized spacial score (nSPS) is 8.94. The highest BCUT2D eigenvalue weighted by molar-refractivity contribution is 5.89. The number of hydrogen-bond acceptors (Lipinski definition) is 3. The number of amides is 2. The molecular weight excluding hydrogens is 210 g/mol. The van der Waals surface area contributed by atoms with Gasteiger partial charge in [-0.3, -0.25) is 10.1 Å². The second-order valence-electron chi connectivity index (χ2n) is 2.82. The molecule has 6 nitrogen and oxygen atoms in total. The number of anilines is 1. The number of nitro groups is 1. The van der Waals surface area contributed by atoms with Crippen molar-refractivity contribution >= 4 is 17.4 Å². The van der Waals surface area contributed by atoms with Gasteiger partial charge in [-0.05, 0) is 6.07 Å². The Morgan fingerprint density at radius 1 is 1.56 bits per heavy atom. The molecule has 0 aliphatic carbocycles. The largest absolute Gasteiger partial charge is 0.327 e. The molecule has 0 bridgehead atoms. The molecule has 0 aromatic heterocycles. The molecule has 0 saturated heterocycles. The van der Waals surface area contributed by atoms with Gasteiger partial charge in [0.15, 0.2) is 0 Å². The molecule has 0 aliphatic heterocycles. The van der Waals surface area contributed by atoms with Crippen molar-refractivity contribution in [1.29, 1.82) is 0 Å². The molecule has 1 aromatic rings. The number of nitrogens with one attached hydrogen (secondary N) is 2. The van der Waals surface area contributed by atoms with Crippen LogP contribution in [-0.4, -0.2) is 17.5 Å². The Morgan fingerprint density at radius 3 is 2.94 bits per heavy atom. The number of carbonyl (C=O) groups is 1. The third kappa shape index (κ3) is 3.31. The summed E-state index contributed by atoms with van der Waals surface area (Å²) in [6, 6.07) is 5.12. The van der Waals surface area contributed by atoms with Crippen molar-refractivity contribution in [2.45, 2.75) is 0 Å². The number of rotatable bonds is 3. The number of nitro benzene ring substituents is 1. The van der Waals surface area contributed by atoms with Gasteiger partial charge in [0, 0.05) is 17.8 Å². The van der Waals surface area contributed by atoms with Crippen molar-refractivity contribution in [2.24, 2.45) is 0 Å². The fourth-order valence-electron chi connectivity index (χ4n) is 1.00. The Morgan fingerprint density at radius 2 is 2.31 bits per heavy atom. The molecule has 0 heterocycles. The number of nitrogens with zero attached hydrogens (tertiary/aromatic N) is 1. The maximum Gasteiger partial charge on any atom is 0.319 e. The molecule has 0 fully saturated rings. The lowest BCUT2D eigenvalue weighted by molar-refractivity contribution is -0.384. The van der Waals surface area contributed by atoms with Crippen LogP contribution in [0, 0.1) is 22.5 Å². The summed E-state index contributed by atoms with van der Waals surface area (Å²) in [6.07, 6.45) is 4.95. The first-order valence-electron chi connectivity index (χ1n) is 4.36. The molecule has 82 valence electrons. The van der Waals surface area contributed by atoms with Crippen molar-refractivity contribution in [3.63, 3.8) is 0 Å². The minimum atomic E-state index is -0.537. The molecule has 2 N–H and O–H groups in total. The second-order valence-corrected chi connectivity index (χ2v) is 2.82. The van der Waals surface area contributed by atoms with Crippen LogP contribution in [0.4, 0.5) is 16.2 Å². The van der Waals surface area contributed by atoms with E-state index >= 15 is 0 Å². The summed E-state index contributed by atoms with van der Waals surface area (Å²) >= 11 is 0. The third-order valence-corrected chi connectivity index (χ3v) is 1.67. The summed E-state index contributed by atoms with van der Waals surface area (Å²) in [5.41, 5.74) is 0.249. The standard InChI is InChI=1S/C10H9N3O3/c1-2-6-11-10(14)12-8-4-3-5-9(7-8)13(15)16/h1,3-5,7H,6H2,(H2,11,12,14). The quantitative estimate of drug-likeness (QED) is 0.457. The van der Waals surface area contributed by atoms with Gasteiger partial charge in [0.1, 0.15) is 0 Å². The topological polar surface area (TPSA) is 84.3 Å². The van der Waals surface area contributed by atoms with E-state index < -0.39 is 11.0 Å². The molecule has 2 amide bonds. The van der Waals surface area contributed by atoms with E-state index in [1.54, 1.807) is 6.07 Å². The Kier molecular flexibility index (Phi) is 3.86. The minimum absolute atomic E-state index is 0.0882. The van der Waals surface area contributed by atoms with E-state index in [9.17, 15) is 14.9 Å². The minimum Gasteiger partial charge on any atom is -0.327 e. The van der Waals surface area contributed by atoms with E-state index in [0.29, 0.717) is 5.69 Å². The first-order valence-corrected chi connectivity index (χ1v) is 4.36. The van der Waals surface area contributed by atoms with Gasteiger partial charge < -0.3 is 10.6 Å². The van der Waals surface area contributed by atoms with Gasteiger partial charge in [0.05, 0.1) is 11.5 Å². The molecule has 0 radical (unpaired) electrons. The van der Waals surface area contributed by atoms with Gasteiger partial charge in [-0.15, -0.1) is 6.42 Å². The summed E-state index contributed by atoms with van der Waals surface area (Å²) < 4.78 is 0. The highest BCUT2D eigenvalue weighted by atomic mass is 16.6. The molecule has 0 atom stereocenters. The molecular formula is C10H9N3O3. The van der Waals surface area contributed by atoms with Crippen LogP contribution in [-0.2, 0) is 0 Å². The maximum absolute atomic E-state index is 11.2. The first kappa shape index (κ1) is 11.5. The molecule has 1 aromatic carbocycles. The monoisotopic (exact) mass is 219 g/mol. The van der Waals surface area contributed by atoms with Crippen LogP contribution in [0.3, 0.4) is 0 Å². The lowest BCUT2D eigenvalue weighted by Crippen LogP contribution is -2.28. The Hall–Kier alpha value is -2.55. The molecule has 6 heteroatoms. The lowest BCUT2D eigenvalue weighted by atomic mass is 10.3. The van der Waals surface area contributed by atoms with Gasteiger partial charge in [-0.2, -0.15) is 0 Å². The second kappa shape index (κ2) is 5.36. The average molecular weight is 219 g/mol. The Bertz CT molecular complexity index is 451. The van der Waals surface area contributed by atoms with Crippen LogP contribution in [0.2, 0.25) is 0 Å². The number of urea groups is 1. The fourth-order valence-corrected chi connectivity index (χ4v) is 1.00. The van der Waals surface area contributed by atoms with E-state index in [2.05, 4.69) is 16.6 Å². The number of benzene rings is 1. The van der Waals surface area contributed by atoms with Crippen molar-refractivity contribution in [2.75, 3.05) is 11.9 Å². The van der Waals surface area contributed by atoms with Crippen LogP contribution in [0.5, 0.6) is 0 Å². The van der Waals surface area contributed by atoms with Crippen LogP contribution >= 0.6 is 0 Å². The average Bonchev–Trinajstić information content (AvgIpc) is 2.26. The Balaban J connectivity index is 2.67. The molecule has 0 spiro atoms. The van der Waals surface area contributed by atoms with Crippen molar-refractivity contribution in [3.05, 3.63) is 34.4 Å². The van der Waals surface area contributed by atoms with E-state index in [4.69, 9.17) is 6.42 Å². The van der Waals surface area contributed by atoms with E-state index in [1.807, 2.05) is 0 Å². The van der Waals surface area contributed by atoms with E-state index in [1.165, 1.54) is 18.2 Å². The van der Waals surface area contributed by atoms with Gasteiger partial charge in [-0.25, -0.2) is 4.79 Å². The summed E-state index contributed by atoms with van der Waals surface area (Å²) in [7, 11) is 0. The van der Waals surface area contributed by atoms with Crippen molar-refractivity contribution in [1.82, 2.24) is 5.32 Å². The number of carbonyl (C=O) groups excluding carboxylic acids is 1. The van der Waals surface area contributed by atoms with Crippen LogP contribution in [0.15, 0.2) is 24.3 Å². The zero-order valence-corrected chi connectivity index (χ0v) is 8.27. The van der Waals surface area contributed by atoms with Crippen LogP contribution < -0.4 is 10.6 Å². The van der Waals surface area contributed by atoms with Gasteiger partial charge in [0.2, 0.25) is 0 Å². The molecule has 16 heavy (non-hydrogen) atoms. The molecule has 1 rings (SSSR count). The smallest absolute Gasteiger partial charge is 0.319 e. The number of terminal acetylenes is 1. The lowest BCUT2D eigenvalue weighted by Gasteiger charge is -2.04. The zero-order chi connectivity index (χ0) is 12.0. The summed E-state index contributed by atoms with van der Waals surface area (Å²) in [6.45, 7) is 0.0980. The van der Waals surface area contributed by atoms with Crippen molar-refractivity contribution < 1.29 is 9.72 Å². The van der Waals surface area contributed by atoms with Gasteiger partial charge in [-0.1, -0.05) is 12.0 Å². The number of non-ortho nitro benzene ring substituents is 1. The SMILES string of the molecule is C#CCNC(=O)Nc1cccc([N+](=O)[O-])c1. The predicted octanol–water partition coefficient (Wildman–Crippen LogP) is 1.35. The summed E-state index contributed by atoms with van der Waals surface area (Å²) in [5, 5.41) is 15.3. The highest BCUT2D eigenvalue weighted by Crippen LogP contribution is 2.16. The Labute approximate surface area is 91.8 Å². The van der Waals surface area contributed by atoms with Crippen LogP contribution in [0.1, 0.15) is 0 Å². The fraction of sp³-hybridized carbons (Fsp3) is 0.100. The molecule has 0 unspecified atom stereocenters. The van der Waals surface area contributed by atoms with Crippen LogP contribution in [0.25, 0.3) is 0 Å². The first-order chi connectivity index (χ1) is 7.63. The van der Waals surface area contributed by atoms with Gasteiger partial charge >= 0.3 is 6.03 Å². The maximum atomic E-state index is 11.2. The summed E-state index contributed by atoms with van der Waals surface area (Å²) in [5.74, 6) is 2.23. The highest BCUT2D eigenvalue weighted by Gasteiger charge is 2.07. The van der Waals surface area contributed by atoms with Crippen molar-refractivity contribution in [3.8, 4) is 12.3 Å². The molecule has 0 aliphatic rings. The third-order valence-electron chi connectivity index (χ3n) is 1.67. The molecule has 0 saturated carbocycles. The zero-order valence-electron chi connectivity index (χ0n) is 8.27. The number of hydrogen-bond donors (Lipinski definition) is 2. The predicted molar refractivity (Wildman–Crippen MR) is 59.0 cm³/mol. The van der Waals surface area contributed by atoms with E-state index in [0.717, 1.165) is 0 Å². The summed E-state index contributed by atoms with van der Waals surface area (Å²) in [4.78, 5) is 21.1. The van der Waals surface area contributed by atoms with Gasteiger partial charge in [0.25, 0.3) is 5.69 Å². The van der Waals surface area contributed by atoms with E-state index in [-0.39, 0.29) is 12.2 Å².